The topological polar surface area (TPSA) is 91.8 Å². The summed E-state index contributed by atoms with van der Waals surface area (Å²) < 4.78 is 49.0. The Morgan fingerprint density at radius 3 is 2.19 bits per heavy atom. The Balaban J connectivity index is 2.28. The minimum atomic E-state index is -3.56. The van der Waals surface area contributed by atoms with Gasteiger partial charge >= 0.3 is 0 Å². The van der Waals surface area contributed by atoms with Gasteiger partial charge in [-0.25, -0.2) is 21.1 Å². The normalized spacial score (nSPS) is 19.8. The molecular formula is C17H26N2O5S2. The van der Waals surface area contributed by atoms with Gasteiger partial charge in [0.25, 0.3) is 5.91 Å². The van der Waals surface area contributed by atoms with Crippen LogP contribution in [0.25, 0.3) is 0 Å². The van der Waals surface area contributed by atoms with Gasteiger partial charge in [0.05, 0.1) is 16.4 Å². The van der Waals surface area contributed by atoms with E-state index < -0.39 is 19.9 Å². The number of hydrogen-bond acceptors (Lipinski definition) is 5. The molecule has 1 saturated heterocycles. The zero-order chi connectivity index (χ0) is 19.7. The predicted octanol–water partition coefficient (Wildman–Crippen LogP) is 1.22. The largest absolute Gasteiger partial charge is 0.334 e. The number of carbonyl (C=O) groups is 1. The number of hydrogen-bond donors (Lipinski definition) is 0. The number of carbonyl (C=O) groups excluding carboxylic acids is 1. The number of sulfone groups is 1. The highest BCUT2D eigenvalue weighted by Crippen LogP contribution is 2.22. The minimum absolute atomic E-state index is 0.0153. The molecule has 1 aromatic rings. The third kappa shape index (κ3) is 4.63. The monoisotopic (exact) mass is 402 g/mol. The van der Waals surface area contributed by atoms with E-state index in [4.69, 9.17) is 0 Å². The van der Waals surface area contributed by atoms with Crippen LogP contribution in [0.3, 0.4) is 0 Å². The van der Waals surface area contributed by atoms with Crippen LogP contribution in [-0.4, -0.2) is 70.1 Å². The van der Waals surface area contributed by atoms with E-state index in [1.165, 1.54) is 38.4 Å². The number of rotatable bonds is 6. The Morgan fingerprint density at radius 2 is 1.77 bits per heavy atom. The molecule has 1 aliphatic heterocycles. The maximum Gasteiger partial charge on any atom is 0.254 e. The summed E-state index contributed by atoms with van der Waals surface area (Å²) >= 11 is 0. The molecule has 1 aromatic carbocycles. The first kappa shape index (κ1) is 20.9. The summed E-state index contributed by atoms with van der Waals surface area (Å²) in [6.07, 6.45) is 0.438. The predicted molar refractivity (Wildman–Crippen MR) is 100 cm³/mol. The molecule has 1 aliphatic rings. The summed E-state index contributed by atoms with van der Waals surface area (Å²) in [5.41, 5.74) is 0.354. The van der Waals surface area contributed by atoms with Gasteiger partial charge in [0.15, 0.2) is 9.84 Å². The van der Waals surface area contributed by atoms with E-state index in [2.05, 4.69) is 0 Å². The lowest BCUT2D eigenvalue weighted by molar-refractivity contribution is 0.0672. The average Bonchev–Trinajstić information content (AvgIpc) is 2.91. The molecule has 1 amide bonds. The second-order valence-corrected chi connectivity index (χ2v) is 11.6. The van der Waals surface area contributed by atoms with E-state index in [-0.39, 0.29) is 34.3 Å². The minimum Gasteiger partial charge on any atom is -0.334 e. The molecule has 0 bridgehead atoms. The fourth-order valence-electron chi connectivity index (χ4n) is 2.96. The van der Waals surface area contributed by atoms with Crippen molar-refractivity contribution in [3.05, 3.63) is 29.8 Å². The lowest BCUT2D eigenvalue weighted by Crippen LogP contribution is -2.43. The molecule has 7 nitrogen and oxygen atoms in total. The van der Waals surface area contributed by atoms with Crippen LogP contribution in [0.2, 0.25) is 0 Å². The lowest BCUT2D eigenvalue weighted by atomic mass is 10.1. The van der Waals surface area contributed by atoms with Crippen molar-refractivity contribution in [1.29, 1.82) is 0 Å². The lowest BCUT2D eigenvalue weighted by Gasteiger charge is -2.30. The number of nitrogens with zero attached hydrogens (tertiary/aromatic N) is 2. The van der Waals surface area contributed by atoms with Gasteiger partial charge < -0.3 is 4.90 Å². The van der Waals surface area contributed by atoms with Gasteiger partial charge in [0.1, 0.15) is 0 Å². The van der Waals surface area contributed by atoms with Crippen molar-refractivity contribution in [3.63, 3.8) is 0 Å². The number of benzene rings is 1. The van der Waals surface area contributed by atoms with E-state index in [9.17, 15) is 21.6 Å². The average molecular weight is 403 g/mol. The zero-order valence-electron chi connectivity index (χ0n) is 15.5. The summed E-state index contributed by atoms with van der Waals surface area (Å²) in [6, 6.07) is 5.44. The Labute approximate surface area is 156 Å². The van der Waals surface area contributed by atoms with Crippen LogP contribution in [0.4, 0.5) is 0 Å². The maximum atomic E-state index is 12.9. The van der Waals surface area contributed by atoms with Crippen LogP contribution in [0, 0.1) is 5.92 Å². The summed E-state index contributed by atoms with van der Waals surface area (Å²) in [6.45, 7) is 4.39. The molecule has 0 aromatic heterocycles. The second kappa shape index (κ2) is 7.66. The molecule has 146 valence electrons. The number of sulfonamides is 1. The third-order valence-corrected chi connectivity index (χ3v) is 7.93. The zero-order valence-corrected chi connectivity index (χ0v) is 17.2. The summed E-state index contributed by atoms with van der Waals surface area (Å²) in [5, 5.41) is 0. The van der Waals surface area contributed by atoms with Crippen molar-refractivity contribution in [2.24, 2.45) is 5.92 Å². The van der Waals surface area contributed by atoms with E-state index >= 15 is 0 Å². The van der Waals surface area contributed by atoms with Crippen molar-refractivity contribution in [2.45, 2.75) is 31.2 Å². The van der Waals surface area contributed by atoms with Gasteiger partial charge in [-0.3, -0.25) is 4.79 Å². The first-order valence-electron chi connectivity index (χ1n) is 8.48. The molecule has 1 unspecified atom stereocenters. The van der Waals surface area contributed by atoms with E-state index in [1.54, 1.807) is 4.90 Å². The molecule has 9 heteroatoms. The maximum absolute atomic E-state index is 12.9. The van der Waals surface area contributed by atoms with Crippen molar-refractivity contribution in [1.82, 2.24) is 9.21 Å². The molecule has 0 saturated carbocycles. The van der Waals surface area contributed by atoms with Gasteiger partial charge in [-0.1, -0.05) is 13.8 Å². The van der Waals surface area contributed by atoms with E-state index in [0.717, 1.165) is 4.31 Å². The van der Waals surface area contributed by atoms with Crippen LogP contribution in [0.5, 0.6) is 0 Å². The van der Waals surface area contributed by atoms with Gasteiger partial charge in [0, 0.05) is 32.2 Å². The van der Waals surface area contributed by atoms with Crippen LogP contribution in [0.1, 0.15) is 30.6 Å². The van der Waals surface area contributed by atoms with Crippen LogP contribution in [-0.2, 0) is 19.9 Å². The second-order valence-electron chi connectivity index (χ2n) is 7.22. The van der Waals surface area contributed by atoms with Crippen molar-refractivity contribution < 1.29 is 21.6 Å². The quantitative estimate of drug-likeness (QED) is 0.713. The molecule has 1 heterocycles. The van der Waals surface area contributed by atoms with Gasteiger partial charge in [0.2, 0.25) is 10.0 Å². The van der Waals surface area contributed by atoms with Crippen LogP contribution < -0.4 is 0 Å². The Bertz CT molecular complexity index is 859. The molecule has 1 fully saturated rings. The van der Waals surface area contributed by atoms with Crippen LogP contribution >= 0.6 is 0 Å². The fourth-order valence-corrected chi connectivity index (χ4v) is 5.59. The molecule has 26 heavy (non-hydrogen) atoms. The SMILES string of the molecule is CC(C)CN(C(=O)c1ccc(S(=O)(=O)N(C)C)cc1)C1CCS(=O)(=O)C1. The number of amides is 1. The molecule has 0 aliphatic carbocycles. The summed E-state index contributed by atoms with van der Waals surface area (Å²) in [4.78, 5) is 14.7. The first-order valence-corrected chi connectivity index (χ1v) is 11.7. The smallest absolute Gasteiger partial charge is 0.254 e. The van der Waals surface area contributed by atoms with E-state index in [1.807, 2.05) is 13.8 Å². The molecule has 0 N–H and O–H groups in total. The molecule has 0 spiro atoms. The molecule has 2 rings (SSSR count). The van der Waals surface area contributed by atoms with Crippen LogP contribution in [0.15, 0.2) is 29.2 Å². The third-order valence-electron chi connectivity index (χ3n) is 4.35. The standard InChI is InChI=1S/C17H26N2O5S2/c1-13(2)11-19(15-9-10-25(21,22)12-15)17(20)14-5-7-16(8-6-14)26(23,24)18(3)4/h5-8,13,15H,9-12H2,1-4H3. The van der Waals surface area contributed by atoms with Crippen molar-refractivity contribution in [3.8, 4) is 0 Å². The van der Waals surface area contributed by atoms with Gasteiger partial charge in [-0.15, -0.1) is 0 Å². The van der Waals surface area contributed by atoms with Gasteiger partial charge in [-0.05, 0) is 36.6 Å². The van der Waals surface area contributed by atoms with Gasteiger partial charge in [-0.2, -0.15) is 0 Å². The molecule has 0 radical (unpaired) electrons. The Morgan fingerprint density at radius 1 is 1.19 bits per heavy atom. The van der Waals surface area contributed by atoms with Crippen molar-refractivity contribution >= 4 is 25.8 Å². The highest BCUT2D eigenvalue weighted by Gasteiger charge is 2.35. The van der Waals surface area contributed by atoms with Crippen molar-refractivity contribution in [2.75, 3.05) is 32.1 Å². The highest BCUT2D eigenvalue weighted by atomic mass is 32.2. The summed E-state index contributed by atoms with van der Waals surface area (Å²) in [7, 11) is -3.78. The fraction of sp³-hybridized carbons (Fsp3) is 0.588. The molecule has 1 atom stereocenters. The molecular weight excluding hydrogens is 376 g/mol. The first-order chi connectivity index (χ1) is 11.9. The summed E-state index contributed by atoms with van der Waals surface area (Å²) in [5.74, 6) is 0.00298. The van der Waals surface area contributed by atoms with E-state index in [0.29, 0.717) is 18.5 Å². The highest BCUT2D eigenvalue weighted by molar-refractivity contribution is 7.91. The Kier molecular flexibility index (Phi) is 6.14. The Hall–Kier alpha value is -1.45.